The fraction of sp³-hybridized carbons (Fsp3) is 0.455. The molecule has 2 aromatic carbocycles. The lowest BCUT2D eigenvalue weighted by Crippen LogP contribution is -2.52. The minimum atomic E-state index is -5.35. The molecule has 0 spiro atoms. The molecule has 48 heavy (non-hydrogen) atoms. The first-order chi connectivity index (χ1) is 22.3. The number of aromatic nitrogens is 1. The molecule has 2 heterocycles. The lowest BCUT2D eigenvalue weighted by atomic mass is 9.86. The zero-order valence-corrected chi connectivity index (χ0v) is 28.1. The summed E-state index contributed by atoms with van der Waals surface area (Å²) in [7, 11) is -0.381. The molecular weight excluding hydrogens is 658 g/mol. The second kappa shape index (κ2) is 14.0. The minimum absolute atomic E-state index is 0.0692. The molecule has 10 nitrogen and oxygen atoms in total. The number of aliphatic hydroxyl groups excluding tert-OH is 1. The lowest BCUT2D eigenvalue weighted by molar-refractivity contribution is -0.265. The third-order valence-electron chi connectivity index (χ3n) is 7.82. The molecule has 0 saturated carbocycles. The number of ether oxygens (including phenoxy) is 3. The van der Waals surface area contributed by atoms with Crippen LogP contribution < -0.4 is 24.2 Å². The Morgan fingerprint density at radius 1 is 1.12 bits per heavy atom. The molecule has 1 aliphatic heterocycles. The van der Waals surface area contributed by atoms with E-state index in [0.29, 0.717) is 0 Å². The summed E-state index contributed by atoms with van der Waals surface area (Å²) in [5, 5.41) is 23.1. The Kier molecular flexibility index (Phi) is 10.8. The second-order valence-corrected chi connectivity index (χ2v) is 14.5. The van der Waals surface area contributed by atoms with Crippen LogP contribution in [-0.4, -0.2) is 69.2 Å². The van der Waals surface area contributed by atoms with Crippen molar-refractivity contribution in [2.75, 3.05) is 26.9 Å². The predicted molar refractivity (Wildman–Crippen MR) is 171 cm³/mol. The highest BCUT2D eigenvalue weighted by Gasteiger charge is 2.57. The third-order valence-corrected chi connectivity index (χ3v) is 9.51. The van der Waals surface area contributed by atoms with Crippen molar-refractivity contribution in [1.82, 2.24) is 15.0 Å². The van der Waals surface area contributed by atoms with Gasteiger partial charge in [-0.1, -0.05) is 6.92 Å². The van der Waals surface area contributed by atoms with Crippen molar-refractivity contribution in [2.24, 2.45) is 0 Å². The molecule has 262 valence electrons. The van der Waals surface area contributed by atoms with Crippen LogP contribution in [0.5, 0.6) is 17.2 Å². The molecule has 3 aromatic rings. The Labute approximate surface area is 278 Å². The van der Waals surface area contributed by atoms with Gasteiger partial charge in [-0.15, -0.1) is 0 Å². The number of fused-ring (bicyclic) bond motifs is 1. The molecule has 0 aliphatic carbocycles. The number of rotatable bonds is 12. The van der Waals surface area contributed by atoms with Crippen LogP contribution in [0, 0.1) is 5.82 Å². The average molecular weight is 698 g/mol. The summed E-state index contributed by atoms with van der Waals surface area (Å²) in [5.41, 5.74) is -5.66. The van der Waals surface area contributed by atoms with Crippen LogP contribution in [-0.2, 0) is 22.1 Å². The van der Waals surface area contributed by atoms with E-state index in [1.165, 1.54) is 44.4 Å². The van der Waals surface area contributed by atoms with Gasteiger partial charge in [0.15, 0.2) is 17.2 Å². The number of benzene rings is 2. The highest BCUT2D eigenvalue weighted by Crippen LogP contribution is 2.48. The van der Waals surface area contributed by atoms with E-state index >= 15 is 0 Å². The summed E-state index contributed by atoms with van der Waals surface area (Å²) in [6, 6.07) is 9.78. The normalized spacial score (nSPS) is 18.7. The molecule has 0 bridgehead atoms. The topological polar surface area (TPSA) is 139 Å². The number of nitrogens with zero attached hydrogens (tertiary/aromatic N) is 1. The summed E-state index contributed by atoms with van der Waals surface area (Å²) in [4.78, 5) is 17.3. The van der Waals surface area contributed by atoms with Crippen LogP contribution in [0.1, 0.15) is 62.7 Å². The summed E-state index contributed by atoms with van der Waals surface area (Å²) in [6.45, 7) is 6.92. The van der Waals surface area contributed by atoms with E-state index in [4.69, 9.17) is 14.2 Å². The Bertz CT molecular complexity index is 1660. The second-order valence-electron chi connectivity index (χ2n) is 12.5. The maximum atomic E-state index is 14.9. The third kappa shape index (κ3) is 7.59. The zero-order chi connectivity index (χ0) is 35.7. The van der Waals surface area contributed by atoms with E-state index < -0.39 is 63.1 Å². The number of pyridine rings is 1. The Morgan fingerprint density at radius 2 is 1.79 bits per heavy atom. The van der Waals surface area contributed by atoms with Crippen LogP contribution in [0.3, 0.4) is 0 Å². The number of nitrogens with one attached hydrogen (secondary N) is 2. The van der Waals surface area contributed by atoms with Gasteiger partial charge in [-0.2, -0.15) is 13.2 Å². The molecule has 4 rings (SSSR count). The van der Waals surface area contributed by atoms with E-state index in [-0.39, 0.29) is 59.3 Å². The van der Waals surface area contributed by atoms with Gasteiger partial charge in [0.25, 0.3) is 5.91 Å². The van der Waals surface area contributed by atoms with Crippen molar-refractivity contribution in [3.63, 3.8) is 0 Å². The van der Waals surface area contributed by atoms with Crippen molar-refractivity contribution >= 4 is 16.9 Å². The van der Waals surface area contributed by atoms with Gasteiger partial charge in [-0.05, 0) is 82.6 Å². The van der Waals surface area contributed by atoms with Crippen molar-refractivity contribution in [1.29, 1.82) is 0 Å². The number of hydrogen-bond acceptors (Lipinski definition) is 8. The van der Waals surface area contributed by atoms with Gasteiger partial charge in [0.2, 0.25) is 5.60 Å². The molecule has 2 unspecified atom stereocenters. The summed E-state index contributed by atoms with van der Waals surface area (Å²) in [6.07, 6.45) is -5.92. The fourth-order valence-corrected chi connectivity index (χ4v) is 5.86. The summed E-state index contributed by atoms with van der Waals surface area (Å²) >= 11 is 0. The predicted octanol–water partition coefficient (Wildman–Crippen LogP) is 4.89. The number of methoxy groups -OCH3 is 1. The van der Waals surface area contributed by atoms with E-state index in [1.54, 1.807) is 27.7 Å². The molecule has 0 radical (unpaired) electrons. The van der Waals surface area contributed by atoms with Crippen molar-refractivity contribution in [3.05, 3.63) is 71.2 Å². The van der Waals surface area contributed by atoms with E-state index in [9.17, 15) is 36.8 Å². The van der Waals surface area contributed by atoms with Gasteiger partial charge < -0.3 is 29.7 Å². The highest BCUT2D eigenvalue weighted by molar-refractivity contribution is 7.84. The molecule has 1 amide bonds. The first-order valence-corrected chi connectivity index (χ1v) is 16.2. The molecule has 0 saturated heterocycles. The van der Waals surface area contributed by atoms with Gasteiger partial charge in [0.05, 0.1) is 46.7 Å². The SMILES string of the molecule is CC[C@@]1(NS(=O)C(C)(C)C)COc2c1cc(C(O)(CNC(=O)c1ccc(OC[C@@H](C)O)c(OC)c1)C(F)(F)F)nc2-c1ccc(F)cc1. The van der Waals surface area contributed by atoms with Crippen LogP contribution in [0.15, 0.2) is 48.5 Å². The molecule has 4 atom stereocenters. The number of carbonyl (C=O) groups is 1. The smallest absolute Gasteiger partial charge is 0.424 e. The van der Waals surface area contributed by atoms with Gasteiger partial charge in [0.1, 0.15) is 24.7 Å². The molecule has 1 aromatic heterocycles. The number of halogens is 4. The molecule has 0 fully saturated rings. The maximum Gasteiger partial charge on any atom is 0.424 e. The van der Waals surface area contributed by atoms with E-state index in [0.717, 1.165) is 18.2 Å². The van der Waals surface area contributed by atoms with Crippen LogP contribution in [0.25, 0.3) is 11.3 Å². The van der Waals surface area contributed by atoms with Gasteiger partial charge in [-0.25, -0.2) is 18.3 Å². The van der Waals surface area contributed by atoms with E-state index in [2.05, 4.69) is 15.0 Å². The first kappa shape index (κ1) is 37.0. The zero-order valence-electron chi connectivity index (χ0n) is 27.3. The quantitative estimate of drug-likeness (QED) is 0.197. The summed E-state index contributed by atoms with van der Waals surface area (Å²) < 4.78 is 90.7. The standard InChI is InChI=1S/C33H39F4N3O7S/c1-7-31(40-48(44)30(3,4)5)18-47-28-23(31)15-26(39-27(28)20-8-11-22(34)12-9-20)32(43,33(35,36)37)17-38-29(42)21-10-13-24(25(14-21)45-6)46-16-19(2)41/h8-15,19,40-41,43H,7,16-18H2,1-6H3,(H,38,42)/t19-,31-,32?,48?/m1/s1. The number of aliphatic hydroxyl groups is 2. The number of carbonyl (C=O) groups excluding carboxylic acids is 1. The fourth-order valence-electron chi connectivity index (χ4n) is 4.89. The Hall–Kier alpha value is -3.79. The van der Waals surface area contributed by atoms with Gasteiger partial charge in [0, 0.05) is 16.7 Å². The largest absolute Gasteiger partial charge is 0.493 e. The minimum Gasteiger partial charge on any atom is -0.493 e. The average Bonchev–Trinajstić information content (AvgIpc) is 3.39. The van der Waals surface area contributed by atoms with Crippen LogP contribution in [0.4, 0.5) is 17.6 Å². The highest BCUT2D eigenvalue weighted by atomic mass is 32.2. The van der Waals surface area contributed by atoms with Gasteiger partial charge >= 0.3 is 6.18 Å². The van der Waals surface area contributed by atoms with E-state index in [1.807, 2.05) is 0 Å². The Balaban J connectivity index is 1.79. The summed E-state index contributed by atoms with van der Waals surface area (Å²) in [5.74, 6) is -1.18. The molecule has 15 heteroatoms. The molecular formula is C33H39F4N3O7S. The monoisotopic (exact) mass is 697 g/mol. The number of amides is 1. The molecule has 4 N–H and O–H groups in total. The van der Waals surface area contributed by atoms with Gasteiger partial charge in [-0.3, -0.25) is 4.79 Å². The van der Waals surface area contributed by atoms with Crippen LogP contribution in [0.2, 0.25) is 0 Å². The van der Waals surface area contributed by atoms with Crippen molar-refractivity contribution in [3.8, 4) is 28.5 Å². The number of hydrogen-bond donors (Lipinski definition) is 4. The number of alkyl halides is 3. The van der Waals surface area contributed by atoms with Crippen LogP contribution >= 0.6 is 0 Å². The molecule has 1 aliphatic rings. The lowest BCUT2D eigenvalue weighted by Gasteiger charge is -2.33. The van der Waals surface area contributed by atoms with Crippen molar-refractivity contribution in [2.45, 2.75) is 69.2 Å². The van der Waals surface area contributed by atoms with Crippen molar-refractivity contribution < 1.29 is 51.0 Å². The Morgan fingerprint density at radius 3 is 2.35 bits per heavy atom. The first-order valence-electron chi connectivity index (χ1n) is 15.1. The maximum absolute atomic E-state index is 14.9.